The van der Waals surface area contributed by atoms with E-state index in [0.29, 0.717) is 0 Å². The highest BCUT2D eigenvalue weighted by molar-refractivity contribution is 9.10. The van der Waals surface area contributed by atoms with Crippen molar-refractivity contribution in [2.75, 3.05) is 0 Å². The summed E-state index contributed by atoms with van der Waals surface area (Å²) in [5.74, 6) is 0.730. The predicted octanol–water partition coefficient (Wildman–Crippen LogP) is 1.52. The van der Waals surface area contributed by atoms with Gasteiger partial charge in [-0.1, -0.05) is 0 Å². The smallest absolute Gasteiger partial charge is 0.153 e. The molecule has 0 aromatic carbocycles. The Hall–Kier alpha value is -1.20. The van der Waals surface area contributed by atoms with Crippen LogP contribution in [-0.4, -0.2) is 19.9 Å². The molecule has 72 valence electrons. The standard InChI is InChI=1S/C9H8BrN3O/c10-8-1-2-9(11-4-8)13-5-7(6-14)3-12-13/h1-5,14H,6H2. The van der Waals surface area contributed by atoms with E-state index in [4.69, 9.17) is 5.11 Å². The third-order valence-corrected chi connectivity index (χ3v) is 2.23. The molecule has 0 saturated heterocycles. The first-order valence-electron chi connectivity index (χ1n) is 4.06. The van der Waals surface area contributed by atoms with Gasteiger partial charge in [-0.2, -0.15) is 5.10 Å². The monoisotopic (exact) mass is 253 g/mol. The average molecular weight is 254 g/mol. The van der Waals surface area contributed by atoms with Gasteiger partial charge in [0.1, 0.15) is 0 Å². The van der Waals surface area contributed by atoms with Crippen LogP contribution in [0.5, 0.6) is 0 Å². The van der Waals surface area contributed by atoms with Gasteiger partial charge in [0.2, 0.25) is 0 Å². The van der Waals surface area contributed by atoms with Crippen LogP contribution in [0, 0.1) is 0 Å². The molecule has 14 heavy (non-hydrogen) atoms. The lowest BCUT2D eigenvalue weighted by molar-refractivity contribution is 0.282. The maximum atomic E-state index is 8.86. The van der Waals surface area contributed by atoms with E-state index in [2.05, 4.69) is 26.0 Å². The summed E-state index contributed by atoms with van der Waals surface area (Å²) < 4.78 is 2.55. The Labute approximate surface area is 89.3 Å². The lowest BCUT2D eigenvalue weighted by Gasteiger charge is -1.98. The number of halogens is 1. The van der Waals surface area contributed by atoms with Crippen molar-refractivity contribution < 1.29 is 5.11 Å². The molecule has 0 aliphatic heterocycles. The summed E-state index contributed by atoms with van der Waals surface area (Å²) in [5.41, 5.74) is 0.773. The molecule has 1 N–H and O–H groups in total. The van der Waals surface area contributed by atoms with Crippen molar-refractivity contribution in [2.45, 2.75) is 6.61 Å². The Balaban J connectivity index is 2.34. The van der Waals surface area contributed by atoms with Gasteiger partial charge in [0.25, 0.3) is 0 Å². The van der Waals surface area contributed by atoms with E-state index in [9.17, 15) is 0 Å². The SMILES string of the molecule is OCc1cnn(-c2ccc(Br)cn2)c1. The number of hydrogen-bond donors (Lipinski definition) is 1. The zero-order valence-corrected chi connectivity index (χ0v) is 8.85. The Bertz CT molecular complexity index is 424. The van der Waals surface area contributed by atoms with Crippen molar-refractivity contribution in [2.24, 2.45) is 0 Å². The third kappa shape index (κ3) is 1.83. The number of aliphatic hydroxyl groups excluding tert-OH is 1. The first-order valence-corrected chi connectivity index (χ1v) is 4.85. The maximum Gasteiger partial charge on any atom is 0.153 e. The number of rotatable bonds is 2. The predicted molar refractivity (Wildman–Crippen MR) is 55.0 cm³/mol. The van der Waals surface area contributed by atoms with Crippen molar-refractivity contribution in [3.8, 4) is 5.82 Å². The van der Waals surface area contributed by atoms with E-state index >= 15 is 0 Å². The van der Waals surface area contributed by atoms with Crippen LogP contribution < -0.4 is 0 Å². The van der Waals surface area contributed by atoms with Crippen LogP contribution in [0.3, 0.4) is 0 Å². The molecule has 0 aliphatic rings. The number of hydrogen-bond acceptors (Lipinski definition) is 3. The minimum absolute atomic E-state index is 0.00344. The van der Waals surface area contributed by atoms with Gasteiger partial charge in [0, 0.05) is 22.4 Å². The van der Waals surface area contributed by atoms with E-state index < -0.39 is 0 Å². The minimum Gasteiger partial charge on any atom is -0.392 e. The number of aliphatic hydroxyl groups is 1. The highest BCUT2D eigenvalue weighted by Gasteiger charge is 2.00. The Morgan fingerprint density at radius 2 is 2.21 bits per heavy atom. The lowest BCUT2D eigenvalue weighted by Crippen LogP contribution is -1.96. The normalized spacial score (nSPS) is 10.4. The lowest BCUT2D eigenvalue weighted by atomic mass is 10.4. The van der Waals surface area contributed by atoms with Crippen molar-refractivity contribution in [3.05, 3.63) is 40.8 Å². The highest BCUT2D eigenvalue weighted by Crippen LogP contribution is 2.10. The van der Waals surface area contributed by atoms with Gasteiger partial charge in [0.15, 0.2) is 5.82 Å². The van der Waals surface area contributed by atoms with Gasteiger partial charge in [-0.05, 0) is 28.1 Å². The summed E-state index contributed by atoms with van der Waals surface area (Å²) in [6, 6.07) is 3.74. The molecular formula is C9H8BrN3O. The van der Waals surface area contributed by atoms with Crippen LogP contribution in [0.1, 0.15) is 5.56 Å². The topological polar surface area (TPSA) is 50.9 Å². The molecule has 0 radical (unpaired) electrons. The third-order valence-electron chi connectivity index (χ3n) is 1.77. The van der Waals surface area contributed by atoms with Crippen LogP contribution in [0.2, 0.25) is 0 Å². The van der Waals surface area contributed by atoms with E-state index in [1.54, 1.807) is 23.3 Å². The molecule has 2 heterocycles. The van der Waals surface area contributed by atoms with Crippen molar-refractivity contribution in [1.82, 2.24) is 14.8 Å². The van der Waals surface area contributed by atoms with Crippen LogP contribution in [0.15, 0.2) is 35.2 Å². The molecule has 0 atom stereocenters. The van der Waals surface area contributed by atoms with E-state index in [1.165, 1.54) is 0 Å². The molecule has 0 aliphatic carbocycles. The number of nitrogens with zero attached hydrogens (tertiary/aromatic N) is 3. The summed E-state index contributed by atoms with van der Waals surface area (Å²) in [7, 11) is 0. The summed E-state index contributed by atoms with van der Waals surface area (Å²) in [6.45, 7) is -0.00344. The van der Waals surface area contributed by atoms with Gasteiger partial charge in [-0.3, -0.25) is 0 Å². The average Bonchev–Trinajstić information content (AvgIpc) is 2.67. The molecule has 0 unspecified atom stereocenters. The zero-order chi connectivity index (χ0) is 9.97. The molecule has 2 aromatic heterocycles. The van der Waals surface area contributed by atoms with Gasteiger partial charge >= 0.3 is 0 Å². The van der Waals surface area contributed by atoms with Crippen molar-refractivity contribution in [3.63, 3.8) is 0 Å². The zero-order valence-electron chi connectivity index (χ0n) is 7.26. The quantitative estimate of drug-likeness (QED) is 0.883. The molecule has 0 spiro atoms. The second kappa shape index (κ2) is 3.89. The summed E-state index contributed by atoms with van der Waals surface area (Å²) >= 11 is 3.30. The molecule has 5 heteroatoms. The highest BCUT2D eigenvalue weighted by atomic mass is 79.9. The fourth-order valence-corrected chi connectivity index (χ4v) is 1.31. The molecule has 0 amide bonds. The summed E-state index contributed by atoms with van der Waals surface area (Å²) in [6.07, 6.45) is 5.07. The number of aromatic nitrogens is 3. The van der Waals surface area contributed by atoms with Gasteiger partial charge in [0.05, 0.1) is 12.8 Å². The fraction of sp³-hybridized carbons (Fsp3) is 0.111. The molecule has 4 nitrogen and oxygen atoms in total. The molecule has 0 fully saturated rings. The first kappa shape index (κ1) is 9.36. The Kier molecular flexibility index (Phi) is 2.60. The number of pyridine rings is 1. The van der Waals surface area contributed by atoms with Crippen LogP contribution in [-0.2, 0) is 6.61 Å². The van der Waals surface area contributed by atoms with E-state index in [0.717, 1.165) is 15.9 Å². The second-order valence-electron chi connectivity index (χ2n) is 2.79. The summed E-state index contributed by atoms with van der Waals surface area (Å²) in [4.78, 5) is 4.17. The van der Waals surface area contributed by atoms with E-state index in [-0.39, 0.29) is 6.61 Å². The van der Waals surface area contributed by atoms with Gasteiger partial charge in [-0.25, -0.2) is 9.67 Å². The maximum absolute atomic E-state index is 8.86. The van der Waals surface area contributed by atoms with Gasteiger partial charge in [-0.15, -0.1) is 0 Å². The Morgan fingerprint density at radius 3 is 2.79 bits per heavy atom. The van der Waals surface area contributed by atoms with Crippen LogP contribution in [0.25, 0.3) is 5.82 Å². The van der Waals surface area contributed by atoms with Crippen LogP contribution >= 0.6 is 15.9 Å². The molecule has 0 bridgehead atoms. The first-order chi connectivity index (χ1) is 6.79. The Morgan fingerprint density at radius 1 is 1.36 bits per heavy atom. The largest absolute Gasteiger partial charge is 0.392 e. The van der Waals surface area contributed by atoms with Crippen molar-refractivity contribution >= 4 is 15.9 Å². The molecule has 0 saturated carbocycles. The minimum atomic E-state index is -0.00344. The fourth-order valence-electron chi connectivity index (χ4n) is 1.07. The molecule has 2 aromatic rings. The van der Waals surface area contributed by atoms with Crippen molar-refractivity contribution in [1.29, 1.82) is 0 Å². The van der Waals surface area contributed by atoms with Crippen LogP contribution in [0.4, 0.5) is 0 Å². The van der Waals surface area contributed by atoms with Gasteiger partial charge < -0.3 is 5.11 Å². The second-order valence-corrected chi connectivity index (χ2v) is 3.70. The molecule has 2 rings (SSSR count). The summed E-state index contributed by atoms with van der Waals surface area (Å²) in [5, 5.41) is 12.9. The van der Waals surface area contributed by atoms with E-state index in [1.807, 2.05) is 12.1 Å². The molecular weight excluding hydrogens is 246 g/mol.